The van der Waals surface area contributed by atoms with Gasteiger partial charge in [-0.15, -0.1) is 0 Å². The van der Waals surface area contributed by atoms with Gasteiger partial charge in [0.1, 0.15) is 30.4 Å². The van der Waals surface area contributed by atoms with Gasteiger partial charge in [0.15, 0.2) is 0 Å². The van der Waals surface area contributed by atoms with E-state index in [4.69, 9.17) is 9.15 Å². The molecule has 128 valence electrons. The van der Waals surface area contributed by atoms with Gasteiger partial charge in [0.05, 0.1) is 13.2 Å². The van der Waals surface area contributed by atoms with Gasteiger partial charge in [-0.25, -0.2) is 4.58 Å². The van der Waals surface area contributed by atoms with Crippen molar-refractivity contribution in [1.29, 1.82) is 0 Å². The van der Waals surface area contributed by atoms with Gasteiger partial charge < -0.3 is 9.15 Å². The second kappa shape index (κ2) is 6.40. The van der Waals surface area contributed by atoms with E-state index in [1.54, 1.807) is 7.11 Å². The quantitative estimate of drug-likeness (QED) is 0.677. The predicted octanol–water partition coefficient (Wildman–Crippen LogP) is 3.97. The summed E-state index contributed by atoms with van der Waals surface area (Å²) in [5.41, 5.74) is 4.96. The molecule has 25 heavy (non-hydrogen) atoms. The number of hydrogen-bond donors (Lipinski definition) is 0. The molecule has 1 heterocycles. The fraction of sp³-hybridized carbons (Fsp3) is 0.318. The molecular weight excluding hydrogens is 310 g/mol. The topological polar surface area (TPSA) is 25.4 Å². The van der Waals surface area contributed by atoms with E-state index in [0.717, 1.165) is 43.2 Å². The first kappa shape index (κ1) is 15.9. The first-order chi connectivity index (χ1) is 12.2. The molecule has 0 N–H and O–H groups in total. The lowest BCUT2D eigenvalue weighted by Gasteiger charge is -2.21. The average Bonchev–Trinajstić information content (AvgIpc) is 2.66. The van der Waals surface area contributed by atoms with Crippen LogP contribution >= 0.6 is 0 Å². The minimum absolute atomic E-state index is 0.909. The van der Waals surface area contributed by atoms with Crippen molar-refractivity contribution in [3.05, 3.63) is 58.9 Å². The summed E-state index contributed by atoms with van der Waals surface area (Å²) in [5.74, 6) is 2.87. The third-order valence-corrected chi connectivity index (χ3v) is 5.18. The highest BCUT2D eigenvalue weighted by Crippen LogP contribution is 2.39. The SMILES string of the molecule is CC[N+](CC)=c1ccc2cc3c(oc-2c1)-c1ccc(OC)cc1CC3. The monoisotopic (exact) mass is 334 g/mol. The van der Waals surface area contributed by atoms with Crippen molar-refractivity contribution in [2.75, 3.05) is 20.2 Å². The Morgan fingerprint density at radius 3 is 2.52 bits per heavy atom. The Morgan fingerprint density at radius 2 is 1.76 bits per heavy atom. The van der Waals surface area contributed by atoms with E-state index >= 15 is 0 Å². The molecule has 1 aliphatic heterocycles. The van der Waals surface area contributed by atoms with E-state index in [0.29, 0.717) is 0 Å². The van der Waals surface area contributed by atoms with Crippen molar-refractivity contribution in [1.82, 2.24) is 4.58 Å². The molecule has 0 aromatic heterocycles. The van der Waals surface area contributed by atoms with E-state index < -0.39 is 0 Å². The lowest BCUT2D eigenvalue weighted by molar-refractivity contribution is 0.414. The molecule has 0 spiro atoms. The van der Waals surface area contributed by atoms with Crippen LogP contribution in [0.4, 0.5) is 0 Å². The standard InChI is InChI=1S/C22H24NO2/c1-4-23(5-2)18-9-8-16-12-17-7-6-15-13-19(24-3)10-11-20(15)22(17)25-21(16)14-18/h8-14H,4-7H2,1-3H3/q+1. The van der Waals surface area contributed by atoms with Crippen molar-refractivity contribution in [3.63, 3.8) is 0 Å². The summed E-state index contributed by atoms with van der Waals surface area (Å²) >= 11 is 0. The van der Waals surface area contributed by atoms with Gasteiger partial charge in [0.25, 0.3) is 0 Å². The normalized spacial score (nSPS) is 12.6. The van der Waals surface area contributed by atoms with Crippen LogP contribution in [-0.4, -0.2) is 20.2 Å². The molecule has 0 radical (unpaired) electrons. The van der Waals surface area contributed by atoms with Gasteiger partial charge in [-0.2, -0.15) is 0 Å². The number of rotatable bonds is 3. The van der Waals surface area contributed by atoms with Crippen LogP contribution in [-0.2, 0) is 12.8 Å². The number of aryl methyl sites for hydroxylation is 2. The molecule has 3 heteroatoms. The van der Waals surface area contributed by atoms with Gasteiger partial charge in [-0.1, -0.05) is 0 Å². The maximum Gasteiger partial charge on any atom is 0.203 e. The summed E-state index contributed by atoms with van der Waals surface area (Å²) < 4.78 is 14.1. The maximum absolute atomic E-state index is 6.40. The maximum atomic E-state index is 6.40. The van der Waals surface area contributed by atoms with E-state index in [1.807, 2.05) is 6.07 Å². The molecule has 0 unspecified atom stereocenters. The molecule has 0 saturated heterocycles. The Morgan fingerprint density at radius 1 is 0.960 bits per heavy atom. The number of benzene rings is 2. The molecule has 0 bridgehead atoms. The van der Waals surface area contributed by atoms with Crippen molar-refractivity contribution < 1.29 is 9.15 Å². The lowest BCUT2D eigenvalue weighted by Crippen LogP contribution is -2.29. The van der Waals surface area contributed by atoms with Crippen LogP contribution in [0.1, 0.15) is 25.0 Å². The summed E-state index contributed by atoms with van der Waals surface area (Å²) in [6, 6.07) is 15.1. The highest BCUT2D eigenvalue weighted by atomic mass is 16.5. The number of nitrogens with zero attached hydrogens (tertiary/aromatic N) is 1. The summed E-state index contributed by atoms with van der Waals surface area (Å²) in [7, 11) is 1.71. The highest BCUT2D eigenvalue weighted by molar-refractivity contribution is 5.73. The van der Waals surface area contributed by atoms with E-state index in [1.165, 1.54) is 27.6 Å². The Balaban J connectivity index is 1.92. The zero-order valence-electron chi connectivity index (χ0n) is 15.1. The molecule has 0 amide bonds. The fourth-order valence-electron chi connectivity index (χ4n) is 3.75. The van der Waals surface area contributed by atoms with E-state index in [-0.39, 0.29) is 0 Å². The van der Waals surface area contributed by atoms with Crippen LogP contribution in [0.15, 0.2) is 46.9 Å². The van der Waals surface area contributed by atoms with Gasteiger partial charge in [0, 0.05) is 17.2 Å². The Bertz CT molecular complexity index is 962. The van der Waals surface area contributed by atoms with E-state index in [2.05, 4.69) is 54.8 Å². The minimum Gasteiger partial charge on any atom is -0.497 e. The molecule has 4 rings (SSSR count). The molecule has 0 saturated carbocycles. The van der Waals surface area contributed by atoms with Crippen molar-refractivity contribution in [2.24, 2.45) is 0 Å². The predicted molar refractivity (Wildman–Crippen MR) is 101 cm³/mol. The van der Waals surface area contributed by atoms with Gasteiger partial charge in [0.2, 0.25) is 5.36 Å². The molecular formula is C22H24NO2+. The third-order valence-electron chi connectivity index (χ3n) is 5.18. The zero-order chi connectivity index (χ0) is 17.4. The summed E-state index contributed by atoms with van der Waals surface area (Å²) in [5, 5.41) is 1.21. The van der Waals surface area contributed by atoms with Crippen LogP contribution in [0.5, 0.6) is 5.75 Å². The summed E-state index contributed by atoms with van der Waals surface area (Å²) in [4.78, 5) is 0. The van der Waals surface area contributed by atoms with Crippen LogP contribution in [0, 0.1) is 0 Å². The summed E-state index contributed by atoms with van der Waals surface area (Å²) in [6.45, 7) is 6.35. The number of fused-ring (bicyclic) bond motifs is 4. The van der Waals surface area contributed by atoms with Crippen LogP contribution in [0.2, 0.25) is 0 Å². The molecule has 1 aromatic carbocycles. The first-order valence-corrected chi connectivity index (χ1v) is 9.05. The number of hydrogen-bond acceptors (Lipinski definition) is 2. The second-order valence-electron chi connectivity index (χ2n) is 6.52. The van der Waals surface area contributed by atoms with Crippen LogP contribution in [0.25, 0.3) is 22.6 Å². The number of methoxy groups -OCH3 is 1. The Labute approximate surface area is 148 Å². The van der Waals surface area contributed by atoms with Gasteiger partial charge in [-0.3, -0.25) is 0 Å². The first-order valence-electron chi connectivity index (χ1n) is 9.05. The minimum atomic E-state index is 0.909. The summed E-state index contributed by atoms with van der Waals surface area (Å²) in [6.07, 6.45) is 2.03. The second-order valence-corrected chi connectivity index (χ2v) is 6.52. The van der Waals surface area contributed by atoms with Gasteiger partial charge in [-0.05, 0) is 68.1 Å². The van der Waals surface area contributed by atoms with Crippen molar-refractivity contribution in [3.8, 4) is 28.4 Å². The third kappa shape index (κ3) is 2.74. The van der Waals surface area contributed by atoms with Crippen LogP contribution in [0.3, 0.4) is 0 Å². The molecule has 3 aliphatic rings. The molecule has 0 atom stereocenters. The molecule has 1 aromatic rings. The van der Waals surface area contributed by atoms with Crippen LogP contribution < -0.4 is 14.7 Å². The largest absolute Gasteiger partial charge is 0.497 e. The molecule has 3 nitrogen and oxygen atoms in total. The lowest BCUT2D eigenvalue weighted by atomic mass is 9.88. The molecule has 2 aliphatic carbocycles. The van der Waals surface area contributed by atoms with Gasteiger partial charge >= 0.3 is 0 Å². The smallest absolute Gasteiger partial charge is 0.203 e. The Kier molecular flexibility index (Phi) is 4.08. The highest BCUT2D eigenvalue weighted by Gasteiger charge is 2.21. The zero-order valence-corrected chi connectivity index (χ0v) is 15.1. The van der Waals surface area contributed by atoms with Crippen molar-refractivity contribution >= 4 is 0 Å². The van der Waals surface area contributed by atoms with Crippen molar-refractivity contribution in [2.45, 2.75) is 26.7 Å². The average molecular weight is 334 g/mol. The Hall–Kier alpha value is -2.55. The van der Waals surface area contributed by atoms with E-state index in [9.17, 15) is 0 Å². The fourth-order valence-corrected chi connectivity index (χ4v) is 3.75. The number of ether oxygens (including phenoxy) is 1. The molecule has 0 fully saturated rings.